The molecule has 1 saturated carbocycles. The van der Waals surface area contributed by atoms with Gasteiger partial charge >= 0.3 is 0 Å². The van der Waals surface area contributed by atoms with Gasteiger partial charge < -0.3 is 10.2 Å². The molecule has 2 aromatic rings. The van der Waals surface area contributed by atoms with E-state index in [4.69, 9.17) is 0 Å². The molecule has 1 aromatic heterocycles. The maximum Gasteiger partial charge on any atom is 0.290 e. The molecule has 2 aliphatic rings. The first-order valence-corrected chi connectivity index (χ1v) is 10.8. The quantitative estimate of drug-likeness (QED) is 0.675. The molecule has 6 nitrogen and oxygen atoms in total. The van der Waals surface area contributed by atoms with Crippen molar-refractivity contribution < 1.29 is 4.79 Å². The maximum atomic E-state index is 12.5. The first-order chi connectivity index (χ1) is 13.8. The highest BCUT2D eigenvalue weighted by molar-refractivity contribution is 5.90. The Kier molecular flexibility index (Phi) is 6.37. The minimum Gasteiger partial charge on any atom is -0.349 e. The maximum absolute atomic E-state index is 12.5. The van der Waals surface area contributed by atoms with Crippen LogP contribution in [0.15, 0.2) is 30.3 Å². The molecule has 1 saturated heterocycles. The van der Waals surface area contributed by atoms with Crippen LogP contribution in [0.3, 0.4) is 0 Å². The third kappa shape index (κ3) is 4.98. The van der Waals surface area contributed by atoms with Gasteiger partial charge in [-0.3, -0.25) is 4.79 Å². The van der Waals surface area contributed by atoms with E-state index in [9.17, 15) is 4.79 Å². The highest BCUT2D eigenvalue weighted by atomic mass is 16.2. The van der Waals surface area contributed by atoms with E-state index in [0.717, 1.165) is 37.2 Å². The van der Waals surface area contributed by atoms with Crippen molar-refractivity contribution >= 4 is 5.91 Å². The van der Waals surface area contributed by atoms with Crippen molar-refractivity contribution in [2.24, 2.45) is 0 Å². The van der Waals surface area contributed by atoms with Crippen LogP contribution in [-0.4, -0.2) is 51.8 Å². The Morgan fingerprint density at radius 1 is 1.04 bits per heavy atom. The van der Waals surface area contributed by atoms with Crippen LogP contribution in [0.2, 0.25) is 0 Å². The van der Waals surface area contributed by atoms with Crippen molar-refractivity contribution in [1.29, 1.82) is 0 Å². The summed E-state index contributed by atoms with van der Waals surface area (Å²) < 4.78 is 1.84. The van der Waals surface area contributed by atoms with Crippen LogP contribution in [0.4, 0.5) is 0 Å². The van der Waals surface area contributed by atoms with Crippen LogP contribution in [0.25, 0.3) is 5.69 Å². The van der Waals surface area contributed by atoms with Gasteiger partial charge in [0.2, 0.25) is 5.82 Å². The summed E-state index contributed by atoms with van der Waals surface area (Å²) >= 11 is 0. The predicted octanol–water partition coefficient (Wildman–Crippen LogP) is 3.53. The molecule has 1 N–H and O–H groups in total. The van der Waals surface area contributed by atoms with Gasteiger partial charge in [0.25, 0.3) is 5.91 Å². The molecule has 0 bridgehead atoms. The summed E-state index contributed by atoms with van der Waals surface area (Å²) in [5.41, 5.74) is 0.966. The minimum atomic E-state index is -0.160. The number of nitrogens with zero attached hydrogens (tertiary/aromatic N) is 4. The fourth-order valence-corrected chi connectivity index (χ4v) is 3.89. The van der Waals surface area contributed by atoms with E-state index in [-0.39, 0.29) is 5.91 Å². The monoisotopic (exact) mass is 381 g/mol. The molecule has 1 aliphatic carbocycles. The summed E-state index contributed by atoms with van der Waals surface area (Å²) in [7, 11) is 0. The SMILES string of the molecule is O=C(NCCCCCN1CCCCC1)c1nc(C2CC2)n(-c2ccccc2)n1. The largest absolute Gasteiger partial charge is 0.349 e. The van der Waals surface area contributed by atoms with Crippen LogP contribution in [0.1, 0.15) is 73.7 Å². The van der Waals surface area contributed by atoms with E-state index in [0.29, 0.717) is 18.3 Å². The van der Waals surface area contributed by atoms with Crippen molar-refractivity contribution in [3.63, 3.8) is 0 Å². The fourth-order valence-electron chi connectivity index (χ4n) is 3.89. The molecule has 28 heavy (non-hydrogen) atoms. The van der Waals surface area contributed by atoms with E-state index in [1.165, 1.54) is 45.3 Å². The smallest absolute Gasteiger partial charge is 0.290 e. The third-order valence-corrected chi connectivity index (χ3v) is 5.66. The van der Waals surface area contributed by atoms with E-state index in [1.807, 2.05) is 35.0 Å². The van der Waals surface area contributed by atoms with Gasteiger partial charge in [0, 0.05) is 12.5 Å². The van der Waals surface area contributed by atoms with Crippen molar-refractivity contribution in [3.05, 3.63) is 42.0 Å². The first kappa shape index (κ1) is 19.1. The highest BCUT2D eigenvalue weighted by Crippen LogP contribution is 2.39. The lowest BCUT2D eigenvalue weighted by Crippen LogP contribution is -2.30. The Morgan fingerprint density at radius 2 is 1.82 bits per heavy atom. The van der Waals surface area contributed by atoms with Gasteiger partial charge in [-0.2, -0.15) is 0 Å². The molecule has 150 valence electrons. The molecule has 2 heterocycles. The van der Waals surface area contributed by atoms with Gasteiger partial charge in [0.1, 0.15) is 5.82 Å². The van der Waals surface area contributed by atoms with Gasteiger partial charge in [-0.05, 0) is 70.3 Å². The summed E-state index contributed by atoms with van der Waals surface area (Å²) in [5, 5.41) is 7.50. The van der Waals surface area contributed by atoms with Gasteiger partial charge in [0.15, 0.2) is 0 Å². The zero-order valence-electron chi connectivity index (χ0n) is 16.6. The summed E-state index contributed by atoms with van der Waals surface area (Å²) in [4.78, 5) is 19.6. The molecule has 1 amide bonds. The lowest BCUT2D eigenvalue weighted by Gasteiger charge is -2.26. The molecule has 4 rings (SSSR count). The zero-order valence-corrected chi connectivity index (χ0v) is 16.6. The Labute approximate surface area is 167 Å². The predicted molar refractivity (Wildman–Crippen MR) is 110 cm³/mol. The van der Waals surface area contributed by atoms with Crippen LogP contribution in [0.5, 0.6) is 0 Å². The van der Waals surface area contributed by atoms with E-state index in [1.54, 1.807) is 0 Å². The lowest BCUT2D eigenvalue weighted by molar-refractivity contribution is 0.0942. The third-order valence-electron chi connectivity index (χ3n) is 5.66. The fraction of sp³-hybridized carbons (Fsp3) is 0.591. The highest BCUT2D eigenvalue weighted by Gasteiger charge is 2.31. The number of rotatable bonds is 9. The number of hydrogen-bond donors (Lipinski definition) is 1. The van der Waals surface area contributed by atoms with Crippen LogP contribution < -0.4 is 5.32 Å². The zero-order chi connectivity index (χ0) is 19.2. The molecular formula is C22H31N5O. The number of likely N-dealkylation sites (tertiary alicyclic amines) is 1. The number of benzene rings is 1. The Morgan fingerprint density at radius 3 is 2.57 bits per heavy atom. The number of carbonyl (C=O) groups is 1. The van der Waals surface area contributed by atoms with Gasteiger partial charge in [-0.15, -0.1) is 5.10 Å². The van der Waals surface area contributed by atoms with Crippen molar-refractivity contribution in [1.82, 2.24) is 25.0 Å². The Balaban J connectivity index is 1.24. The standard InChI is InChI=1S/C22H31N5O/c28-22(23-14-6-2-7-15-26-16-8-3-9-17-26)20-24-21(18-12-13-18)27(25-20)19-10-4-1-5-11-19/h1,4-5,10-11,18H,2-3,6-9,12-17H2,(H,23,28). The van der Waals surface area contributed by atoms with Crippen molar-refractivity contribution in [2.75, 3.05) is 26.2 Å². The van der Waals surface area contributed by atoms with E-state index < -0.39 is 0 Å². The topological polar surface area (TPSA) is 63.1 Å². The number of piperidine rings is 1. The molecule has 1 aliphatic heterocycles. The number of carbonyl (C=O) groups excluding carboxylic acids is 1. The average Bonchev–Trinajstić information content (AvgIpc) is 3.49. The number of unbranched alkanes of at least 4 members (excludes halogenated alkanes) is 2. The number of aromatic nitrogens is 3. The summed E-state index contributed by atoms with van der Waals surface area (Å²) in [6, 6.07) is 9.96. The number of amides is 1. The second kappa shape index (κ2) is 9.32. The molecule has 1 aromatic carbocycles. The van der Waals surface area contributed by atoms with Gasteiger partial charge in [0.05, 0.1) is 5.69 Å². The van der Waals surface area contributed by atoms with Crippen LogP contribution >= 0.6 is 0 Å². The molecule has 0 spiro atoms. The normalized spacial score (nSPS) is 17.6. The summed E-state index contributed by atoms with van der Waals surface area (Å²) in [6.45, 7) is 4.41. The Hall–Kier alpha value is -2.21. The molecular weight excluding hydrogens is 350 g/mol. The molecule has 0 unspecified atom stereocenters. The van der Waals surface area contributed by atoms with Crippen molar-refractivity contribution in [2.45, 2.75) is 57.3 Å². The average molecular weight is 382 g/mol. The second-order valence-electron chi connectivity index (χ2n) is 8.03. The van der Waals surface area contributed by atoms with Gasteiger partial charge in [-0.1, -0.05) is 31.0 Å². The molecule has 0 radical (unpaired) electrons. The number of nitrogens with one attached hydrogen (secondary N) is 1. The second-order valence-corrected chi connectivity index (χ2v) is 8.03. The van der Waals surface area contributed by atoms with E-state index >= 15 is 0 Å². The minimum absolute atomic E-state index is 0.160. The lowest BCUT2D eigenvalue weighted by atomic mass is 10.1. The molecule has 0 atom stereocenters. The summed E-state index contributed by atoms with van der Waals surface area (Å²) in [6.07, 6.45) is 9.71. The van der Waals surface area contributed by atoms with Crippen LogP contribution in [0, 0.1) is 0 Å². The number of para-hydroxylation sites is 1. The Bertz CT molecular complexity index is 762. The first-order valence-electron chi connectivity index (χ1n) is 10.8. The van der Waals surface area contributed by atoms with Crippen LogP contribution in [-0.2, 0) is 0 Å². The van der Waals surface area contributed by atoms with Crippen molar-refractivity contribution in [3.8, 4) is 5.69 Å². The van der Waals surface area contributed by atoms with E-state index in [2.05, 4.69) is 20.3 Å². The molecule has 2 fully saturated rings. The molecule has 6 heteroatoms. The van der Waals surface area contributed by atoms with Gasteiger partial charge in [-0.25, -0.2) is 9.67 Å². The summed E-state index contributed by atoms with van der Waals surface area (Å²) in [5.74, 6) is 1.48. The number of hydrogen-bond acceptors (Lipinski definition) is 4.